The van der Waals surface area contributed by atoms with E-state index in [-0.39, 0.29) is 18.8 Å². The molecule has 0 atom stereocenters. The predicted octanol–water partition coefficient (Wildman–Crippen LogP) is 2.01. The molecule has 7 heteroatoms. The van der Waals surface area contributed by atoms with E-state index in [9.17, 15) is 9.59 Å². The number of β-amino-alcohol motifs (C(OH)–C–C–N with tert-alkyl or cyclic N) is 1. The van der Waals surface area contributed by atoms with Crippen LogP contribution in [0.1, 0.15) is 5.56 Å². The number of aliphatic hydroxyl groups is 1. The van der Waals surface area contributed by atoms with E-state index < -0.39 is 11.8 Å². The molecule has 1 aliphatic heterocycles. The van der Waals surface area contributed by atoms with E-state index in [1.807, 2.05) is 6.07 Å². The molecular formula is C19H15N3O4. The summed E-state index contributed by atoms with van der Waals surface area (Å²) >= 11 is 0. The molecule has 130 valence electrons. The molecule has 2 amide bonds. The summed E-state index contributed by atoms with van der Waals surface area (Å²) in [6.45, 7) is -0.355. The van der Waals surface area contributed by atoms with Crippen LogP contribution in [0.2, 0.25) is 0 Å². The maximum atomic E-state index is 12.2. The number of carbonyl (C=O) groups is 2. The first kappa shape index (κ1) is 17.2. The van der Waals surface area contributed by atoms with Crippen LogP contribution in [0.3, 0.4) is 0 Å². The van der Waals surface area contributed by atoms with Gasteiger partial charge in [0.05, 0.1) is 30.5 Å². The number of anilines is 1. The minimum Gasteiger partial charge on any atom is -0.455 e. The highest BCUT2D eigenvalue weighted by Gasteiger charge is 2.31. The normalized spacial score (nSPS) is 13.4. The van der Waals surface area contributed by atoms with Gasteiger partial charge in [-0.2, -0.15) is 5.26 Å². The Morgan fingerprint density at radius 2 is 1.96 bits per heavy atom. The van der Waals surface area contributed by atoms with E-state index in [1.165, 1.54) is 6.08 Å². The van der Waals surface area contributed by atoms with Crippen LogP contribution in [-0.2, 0) is 9.59 Å². The van der Waals surface area contributed by atoms with Gasteiger partial charge in [-0.1, -0.05) is 18.2 Å². The second-order valence-electron chi connectivity index (χ2n) is 5.44. The van der Waals surface area contributed by atoms with Crippen molar-refractivity contribution in [2.24, 2.45) is 0 Å². The molecule has 1 aliphatic rings. The number of rotatable bonds is 6. The molecule has 0 radical (unpaired) electrons. The molecule has 7 nitrogen and oxygen atoms in total. The Morgan fingerprint density at radius 1 is 1.15 bits per heavy atom. The fourth-order valence-corrected chi connectivity index (χ4v) is 2.47. The number of nitriles is 1. The molecule has 0 aliphatic carbocycles. The van der Waals surface area contributed by atoms with Crippen molar-refractivity contribution < 1.29 is 19.4 Å². The molecule has 0 unspecified atom stereocenters. The van der Waals surface area contributed by atoms with Crippen LogP contribution in [0.4, 0.5) is 5.69 Å². The number of benzene rings is 2. The zero-order valence-electron chi connectivity index (χ0n) is 13.7. The fraction of sp³-hybridized carbons (Fsp3) is 0.105. The van der Waals surface area contributed by atoms with Gasteiger partial charge in [-0.05, 0) is 30.3 Å². The van der Waals surface area contributed by atoms with Crippen molar-refractivity contribution in [1.29, 1.82) is 5.26 Å². The van der Waals surface area contributed by atoms with Gasteiger partial charge in [-0.25, -0.2) is 0 Å². The average Bonchev–Trinajstić information content (AvgIpc) is 2.91. The van der Waals surface area contributed by atoms with E-state index in [0.717, 1.165) is 4.90 Å². The first-order valence-corrected chi connectivity index (χ1v) is 7.85. The lowest BCUT2D eigenvalue weighted by molar-refractivity contribution is -0.137. The van der Waals surface area contributed by atoms with Crippen LogP contribution in [0, 0.1) is 11.3 Å². The van der Waals surface area contributed by atoms with Crippen LogP contribution in [0.25, 0.3) is 0 Å². The summed E-state index contributed by atoms with van der Waals surface area (Å²) in [7, 11) is 0. The number of imide groups is 1. The smallest absolute Gasteiger partial charge is 0.277 e. The standard InChI is InChI=1S/C19H15N3O4/c20-12-13-4-3-5-14(10-13)26-17-7-2-1-6-15(17)21-16-11-18(24)22(8-9-23)19(16)25/h1-7,10-11,21,23H,8-9H2. The van der Waals surface area contributed by atoms with Gasteiger partial charge >= 0.3 is 0 Å². The Morgan fingerprint density at radius 3 is 2.73 bits per heavy atom. The molecule has 0 saturated carbocycles. The Bertz CT molecular complexity index is 930. The summed E-state index contributed by atoms with van der Waals surface area (Å²) in [4.78, 5) is 25.0. The number of amides is 2. The number of nitrogens with zero attached hydrogens (tertiary/aromatic N) is 2. The molecule has 2 aromatic rings. The van der Waals surface area contributed by atoms with E-state index in [0.29, 0.717) is 22.7 Å². The Hall–Kier alpha value is -3.63. The molecule has 0 bridgehead atoms. The zero-order valence-corrected chi connectivity index (χ0v) is 13.7. The van der Waals surface area contributed by atoms with Crippen molar-refractivity contribution in [3.63, 3.8) is 0 Å². The summed E-state index contributed by atoms with van der Waals surface area (Å²) < 4.78 is 5.81. The number of hydrogen-bond acceptors (Lipinski definition) is 6. The lowest BCUT2D eigenvalue weighted by Crippen LogP contribution is -2.34. The van der Waals surface area contributed by atoms with Gasteiger partial charge in [-0.15, -0.1) is 0 Å². The van der Waals surface area contributed by atoms with Crippen molar-refractivity contribution in [1.82, 2.24) is 4.90 Å². The zero-order chi connectivity index (χ0) is 18.5. The highest BCUT2D eigenvalue weighted by molar-refractivity contribution is 6.17. The molecule has 2 aromatic carbocycles. The number of hydrogen-bond donors (Lipinski definition) is 2. The van der Waals surface area contributed by atoms with Crippen molar-refractivity contribution in [3.05, 3.63) is 65.9 Å². The topological polar surface area (TPSA) is 103 Å². The average molecular weight is 349 g/mol. The number of aliphatic hydroxyl groups excluding tert-OH is 1. The van der Waals surface area contributed by atoms with Gasteiger partial charge in [0.1, 0.15) is 11.4 Å². The molecule has 0 spiro atoms. The van der Waals surface area contributed by atoms with E-state index >= 15 is 0 Å². The Labute approximate surface area is 149 Å². The van der Waals surface area contributed by atoms with Gasteiger partial charge in [0.2, 0.25) is 0 Å². The number of para-hydroxylation sites is 2. The van der Waals surface area contributed by atoms with Crippen LogP contribution in [-0.4, -0.2) is 35.0 Å². The van der Waals surface area contributed by atoms with Gasteiger partial charge in [0.25, 0.3) is 11.8 Å². The first-order chi connectivity index (χ1) is 12.6. The second kappa shape index (κ2) is 7.51. The summed E-state index contributed by atoms with van der Waals surface area (Å²) in [6.07, 6.45) is 1.19. The lowest BCUT2D eigenvalue weighted by atomic mass is 10.2. The molecule has 0 fully saturated rings. The number of ether oxygens (including phenoxy) is 1. The van der Waals surface area contributed by atoms with Crippen molar-refractivity contribution in [3.8, 4) is 17.6 Å². The monoisotopic (exact) mass is 349 g/mol. The van der Waals surface area contributed by atoms with Gasteiger partial charge in [-0.3, -0.25) is 14.5 Å². The fourth-order valence-electron chi connectivity index (χ4n) is 2.47. The quantitative estimate of drug-likeness (QED) is 0.774. The molecular weight excluding hydrogens is 334 g/mol. The molecule has 2 N–H and O–H groups in total. The maximum absolute atomic E-state index is 12.2. The lowest BCUT2D eigenvalue weighted by Gasteiger charge is -2.15. The van der Waals surface area contributed by atoms with Crippen LogP contribution in [0.15, 0.2) is 60.3 Å². The van der Waals surface area contributed by atoms with E-state index in [1.54, 1.807) is 48.5 Å². The van der Waals surface area contributed by atoms with E-state index in [2.05, 4.69) is 5.32 Å². The van der Waals surface area contributed by atoms with Crippen molar-refractivity contribution >= 4 is 17.5 Å². The Kier molecular flexibility index (Phi) is 4.97. The maximum Gasteiger partial charge on any atom is 0.277 e. The van der Waals surface area contributed by atoms with Crippen LogP contribution >= 0.6 is 0 Å². The second-order valence-corrected chi connectivity index (χ2v) is 5.44. The molecule has 3 rings (SSSR count). The summed E-state index contributed by atoms with van der Waals surface area (Å²) in [6, 6.07) is 15.7. The van der Waals surface area contributed by atoms with Gasteiger partial charge < -0.3 is 15.2 Å². The largest absolute Gasteiger partial charge is 0.455 e. The highest BCUT2D eigenvalue weighted by atomic mass is 16.5. The van der Waals surface area contributed by atoms with Crippen LogP contribution in [0.5, 0.6) is 11.5 Å². The number of nitrogens with one attached hydrogen (secondary N) is 1. The van der Waals surface area contributed by atoms with Crippen molar-refractivity contribution in [2.75, 3.05) is 18.5 Å². The predicted molar refractivity (Wildman–Crippen MR) is 93.2 cm³/mol. The Balaban J connectivity index is 1.82. The molecule has 0 saturated heterocycles. The molecule has 1 heterocycles. The number of carbonyl (C=O) groups excluding carboxylic acids is 2. The third-order valence-corrected chi connectivity index (χ3v) is 3.68. The molecule has 26 heavy (non-hydrogen) atoms. The minimum absolute atomic E-state index is 0.0571. The summed E-state index contributed by atoms with van der Waals surface area (Å²) in [5.74, 6) is -0.0793. The third kappa shape index (κ3) is 3.55. The summed E-state index contributed by atoms with van der Waals surface area (Å²) in [5, 5.41) is 20.8. The van der Waals surface area contributed by atoms with E-state index in [4.69, 9.17) is 15.1 Å². The first-order valence-electron chi connectivity index (χ1n) is 7.85. The highest BCUT2D eigenvalue weighted by Crippen LogP contribution is 2.31. The third-order valence-electron chi connectivity index (χ3n) is 3.68. The SMILES string of the molecule is N#Cc1cccc(Oc2ccccc2NC2=CC(=O)N(CCO)C2=O)c1. The van der Waals surface area contributed by atoms with Gasteiger partial charge in [0, 0.05) is 6.08 Å². The minimum atomic E-state index is -0.509. The van der Waals surface area contributed by atoms with Crippen LogP contribution < -0.4 is 10.1 Å². The van der Waals surface area contributed by atoms with Gasteiger partial charge in [0.15, 0.2) is 5.75 Å². The summed E-state index contributed by atoms with van der Waals surface area (Å²) in [5.41, 5.74) is 1.06. The van der Waals surface area contributed by atoms with Crippen molar-refractivity contribution in [2.45, 2.75) is 0 Å². The molecule has 0 aromatic heterocycles.